The van der Waals surface area contributed by atoms with Gasteiger partial charge in [-0.3, -0.25) is 0 Å². The molecule has 0 aliphatic carbocycles. The maximum absolute atomic E-state index is 14.9. The molecule has 3 aromatic carbocycles. The molecule has 3 nitrogen and oxygen atoms in total. The van der Waals surface area contributed by atoms with Gasteiger partial charge in [0, 0.05) is 17.2 Å². The van der Waals surface area contributed by atoms with Gasteiger partial charge in [0.2, 0.25) is 0 Å². The second-order valence-corrected chi connectivity index (χ2v) is 7.09. The number of allylic oxidation sites excluding steroid dienone is 2. The summed E-state index contributed by atoms with van der Waals surface area (Å²) in [7, 11) is 2.91. The molecule has 0 amide bonds. The van der Waals surface area contributed by atoms with Crippen molar-refractivity contribution in [3.05, 3.63) is 114 Å². The van der Waals surface area contributed by atoms with Gasteiger partial charge in [-0.2, -0.15) is 0 Å². The van der Waals surface area contributed by atoms with Gasteiger partial charge in [0.05, 0.1) is 14.2 Å². The predicted molar refractivity (Wildman–Crippen MR) is 123 cm³/mol. The number of ether oxygens (including phenoxy) is 3. The molecule has 0 unspecified atom stereocenters. The fourth-order valence-electron chi connectivity index (χ4n) is 3.07. The molecule has 0 bridgehead atoms. The first-order chi connectivity index (χ1) is 15.8. The Bertz CT molecular complexity index is 1180. The molecule has 0 fully saturated rings. The van der Waals surface area contributed by atoms with Crippen molar-refractivity contribution in [2.24, 2.45) is 0 Å². The van der Waals surface area contributed by atoms with Crippen LogP contribution in [0.15, 0.2) is 97.2 Å². The summed E-state index contributed by atoms with van der Waals surface area (Å²) in [5.74, 6) is -1.98. The first-order valence-electron chi connectivity index (χ1n) is 9.98. The molecule has 3 aromatic rings. The van der Waals surface area contributed by atoms with Crippen LogP contribution in [0.25, 0.3) is 22.3 Å². The third-order valence-electron chi connectivity index (χ3n) is 4.98. The highest BCUT2D eigenvalue weighted by Crippen LogP contribution is 2.32. The van der Waals surface area contributed by atoms with Gasteiger partial charge >= 0.3 is 0 Å². The topological polar surface area (TPSA) is 27.7 Å². The second kappa shape index (κ2) is 10.6. The van der Waals surface area contributed by atoms with Crippen LogP contribution >= 0.6 is 0 Å². The first-order valence-corrected chi connectivity index (χ1v) is 9.98. The Morgan fingerprint density at radius 1 is 0.818 bits per heavy atom. The molecule has 0 spiro atoms. The Morgan fingerprint density at radius 2 is 1.33 bits per heavy atom. The number of halogens is 3. The summed E-state index contributed by atoms with van der Waals surface area (Å²) >= 11 is 0. The van der Waals surface area contributed by atoms with Crippen molar-refractivity contribution in [3.8, 4) is 28.0 Å². The van der Waals surface area contributed by atoms with Gasteiger partial charge in [-0.1, -0.05) is 61.7 Å². The lowest BCUT2D eigenvalue weighted by atomic mass is 9.98. The van der Waals surface area contributed by atoms with Crippen molar-refractivity contribution in [2.45, 2.75) is 6.61 Å². The minimum atomic E-state index is -0.939. The van der Waals surface area contributed by atoms with Crippen molar-refractivity contribution >= 4 is 0 Å². The van der Waals surface area contributed by atoms with Crippen LogP contribution in [-0.2, 0) is 16.1 Å². The van der Waals surface area contributed by atoms with Gasteiger partial charge in [0.15, 0.2) is 17.5 Å². The smallest absolute Gasteiger partial charge is 0.168 e. The Hall–Kier alpha value is -3.93. The summed E-state index contributed by atoms with van der Waals surface area (Å²) in [5, 5.41) is 0. The molecule has 0 atom stereocenters. The highest BCUT2D eigenvalue weighted by molar-refractivity contribution is 5.72. The van der Waals surface area contributed by atoms with E-state index in [1.807, 2.05) is 0 Å². The van der Waals surface area contributed by atoms with E-state index in [1.54, 1.807) is 54.6 Å². The second-order valence-electron chi connectivity index (χ2n) is 7.09. The molecule has 170 valence electrons. The molecule has 0 saturated carbocycles. The number of hydrogen-bond donors (Lipinski definition) is 0. The SMILES string of the molecule is C=C(/C=C(/F)C(=C)OCc1ccc(-c2ccc(-c3ccc(OC)cc3)c(F)c2F)cc1)OC. The summed E-state index contributed by atoms with van der Waals surface area (Å²) < 4.78 is 58.8. The number of hydrogen-bond acceptors (Lipinski definition) is 3. The van der Waals surface area contributed by atoms with Crippen molar-refractivity contribution in [1.82, 2.24) is 0 Å². The molecular formula is C27H23F3O3. The molecule has 0 saturated heterocycles. The zero-order valence-corrected chi connectivity index (χ0v) is 18.3. The molecular weight excluding hydrogens is 429 g/mol. The standard InChI is InChI=1S/C27H23F3O3/c1-17(31-3)15-25(28)18(2)33-16-19-5-7-20(8-6-19)23-13-14-24(27(30)26(23)29)21-9-11-22(32-4)12-10-21/h5-15H,1-2,16H2,3-4H3/b25-15+. The maximum Gasteiger partial charge on any atom is 0.168 e. The molecule has 0 aliphatic heterocycles. The van der Waals surface area contributed by atoms with E-state index in [-0.39, 0.29) is 29.3 Å². The van der Waals surface area contributed by atoms with Crippen molar-refractivity contribution in [3.63, 3.8) is 0 Å². The average Bonchev–Trinajstić information content (AvgIpc) is 2.84. The highest BCUT2D eigenvalue weighted by atomic mass is 19.2. The lowest BCUT2D eigenvalue weighted by molar-refractivity contribution is 0.196. The zero-order chi connectivity index (χ0) is 24.0. The van der Waals surface area contributed by atoms with Gasteiger partial charge in [0.1, 0.15) is 23.9 Å². The lowest BCUT2D eigenvalue weighted by Gasteiger charge is -2.11. The summed E-state index contributed by atoms with van der Waals surface area (Å²) in [6, 6.07) is 16.5. The summed E-state index contributed by atoms with van der Waals surface area (Å²) in [6.07, 6.45) is 1.07. The molecule has 0 heterocycles. The third kappa shape index (κ3) is 5.66. The molecule has 33 heavy (non-hydrogen) atoms. The summed E-state index contributed by atoms with van der Waals surface area (Å²) in [4.78, 5) is 0. The summed E-state index contributed by atoms with van der Waals surface area (Å²) in [6.45, 7) is 7.07. The molecule has 0 N–H and O–H groups in total. The third-order valence-corrected chi connectivity index (χ3v) is 4.98. The van der Waals surface area contributed by atoms with Crippen LogP contribution in [0.2, 0.25) is 0 Å². The largest absolute Gasteiger partial charge is 0.497 e. The van der Waals surface area contributed by atoms with Gasteiger partial charge in [0.25, 0.3) is 0 Å². The van der Waals surface area contributed by atoms with Crippen molar-refractivity contribution in [1.29, 1.82) is 0 Å². The van der Waals surface area contributed by atoms with Gasteiger partial charge < -0.3 is 14.2 Å². The Kier molecular flexibility index (Phi) is 7.61. The molecule has 3 rings (SSSR count). The number of benzene rings is 3. The highest BCUT2D eigenvalue weighted by Gasteiger charge is 2.16. The van der Waals surface area contributed by atoms with E-state index in [0.717, 1.165) is 6.08 Å². The maximum atomic E-state index is 14.9. The van der Waals surface area contributed by atoms with Crippen LogP contribution in [0.1, 0.15) is 5.56 Å². The van der Waals surface area contributed by atoms with E-state index in [0.29, 0.717) is 22.4 Å². The number of methoxy groups -OCH3 is 2. The van der Waals surface area contributed by atoms with Crippen LogP contribution in [-0.4, -0.2) is 14.2 Å². The fourth-order valence-corrected chi connectivity index (χ4v) is 3.07. The van der Waals surface area contributed by atoms with E-state index >= 15 is 0 Å². The van der Waals surface area contributed by atoms with E-state index < -0.39 is 17.5 Å². The fraction of sp³-hybridized carbons (Fsp3) is 0.111. The minimum absolute atomic E-state index is 0.0487. The predicted octanol–water partition coefficient (Wildman–Crippen LogP) is 7.35. The molecule has 6 heteroatoms. The average molecular weight is 452 g/mol. The van der Waals surface area contributed by atoms with Crippen molar-refractivity contribution < 1.29 is 27.4 Å². The van der Waals surface area contributed by atoms with Crippen LogP contribution in [0, 0.1) is 11.6 Å². The van der Waals surface area contributed by atoms with E-state index in [9.17, 15) is 13.2 Å². The normalized spacial score (nSPS) is 11.1. The van der Waals surface area contributed by atoms with E-state index in [2.05, 4.69) is 13.2 Å². The summed E-state index contributed by atoms with van der Waals surface area (Å²) in [5.41, 5.74) is 2.04. The Balaban J connectivity index is 1.74. The van der Waals surface area contributed by atoms with Crippen LogP contribution < -0.4 is 4.74 Å². The lowest BCUT2D eigenvalue weighted by Crippen LogP contribution is -1.96. The monoisotopic (exact) mass is 452 g/mol. The quantitative estimate of drug-likeness (QED) is 0.251. The van der Waals surface area contributed by atoms with Crippen molar-refractivity contribution in [2.75, 3.05) is 14.2 Å². The zero-order valence-electron chi connectivity index (χ0n) is 18.3. The van der Waals surface area contributed by atoms with E-state index in [1.165, 1.54) is 20.3 Å². The number of rotatable bonds is 9. The van der Waals surface area contributed by atoms with Gasteiger partial charge in [-0.25, -0.2) is 13.2 Å². The molecule has 0 aliphatic rings. The van der Waals surface area contributed by atoms with Crippen LogP contribution in [0.3, 0.4) is 0 Å². The first kappa shape index (κ1) is 23.7. The van der Waals surface area contributed by atoms with Crippen LogP contribution in [0.5, 0.6) is 5.75 Å². The van der Waals surface area contributed by atoms with Gasteiger partial charge in [-0.15, -0.1) is 0 Å². The Labute approximate surface area is 191 Å². The van der Waals surface area contributed by atoms with Crippen LogP contribution in [0.4, 0.5) is 13.2 Å². The Morgan fingerprint density at radius 3 is 1.82 bits per heavy atom. The molecule has 0 aromatic heterocycles. The molecule has 0 radical (unpaired) electrons. The van der Waals surface area contributed by atoms with Gasteiger partial charge in [-0.05, 0) is 28.8 Å². The minimum Gasteiger partial charge on any atom is -0.497 e. The van der Waals surface area contributed by atoms with E-state index in [4.69, 9.17) is 14.2 Å².